The van der Waals surface area contributed by atoms with Crippen LogP contribution in [0.25, 0.3) is 0 Å². The smallest absolute Gasteiger partial charge is 0.268 e. The molecule has 2 N–H and O–H groups in total. The van der Waals surface area contributed by atoms with Gasteiger partial charge in [0.15, 0.2) is 0 Å². The number of carbonyl (C=O) groups is 1. The van der Waals surface area contributed by atoms with Gasteiger partial charge in [-0.05, 0) is 34.8 Å². The van der Waals surface area contributed by atoms with E-state index in [1.54, 1.807) is 0 Å². The van der Waals surface area contributed by atoms with Crippen LogP contribution in [0.15, 0.2) is 16.7 Å². The molecule has 0 spiro atoms. The highest BCUT2D eigenvalue weighted by molar-refractivity contribution is 9.10. The number of amides is 1. The summed E-state index contributed by atoms with van der Waals surface area (Å²) in [6, 6.07) is 1.88. The fourth-order valence-electron chi connectivity index (χ4n) is 2.47. The summed E-state index contributed by atoms with van der Waals surface area (Å²) in [5.41, 5.74) is 0.431. The van der Waals surface area contributed by atoms with E-state index >= 15 is 0 Å². The molecule has 5 heteroatoms. The maximum atomic E-state index is 12.3. The maximum absolute atomic E-state index is 12.3. The second kappa shape index (κ2) is 5.29. The Labute approximate surface area is 122 Å². The molecule has 0 saturated heterocycles. The van der Waals surface area contributed by atoms with Crippen LogP contribution in [0.5, 0.6) is 0 Å². The Hall–Kier alpha value is -0.810. The average Bonchev–Trinajstić information content (AvgIpc) is 2.70. The van der Waals surface area contributed by atoms with E-state index in [2.05, 4.69) is 28.2 Å². The molecule has 19 heavy (non-hydrogen) atoms. The molecule has 1 aliphatic rings. The van der Waals surface area contributed by atoms with Gasteiger partial charge >= 0.3 is 0 Å². The molecule has 1 heterocycles. The van der Waals surface area contributed by atoms with Crippen LogP contribution in [0, 0.1) is 5.41 Å². The third-order valence-electron chi connectivity index (χ3n) is 4.08. The van der Waals surface area contributed by atoms with Crippen molar-refractivity contribution in [1.29, 1.82) is 0 Å². The molecule has 0 aromatic carbocycles. The zero-order valence-corrected chi connectivity index (χ0v) is 13.2. The monoisotopic (exact) mass is 328 g/mol. The third-order valence-corrected chi connectivity index (χ3v) is 4.52. The Balaban J connectivity index is 2.08. The molecule has 0 bridgehead atoms. The molecule has 1 fully saturated rings. The molecule has 2 unspecified atom stereocenters. The molecule has 1 aliphatic carbocycles. The number of aliphatic hydroxyl groups excluding tert-OH is 1. The lowest BCUT2D eigenvalue weighted by atomic mass is 9.64. The molecule has 2 rings (SSSR count). The second-order valence-electron chi connectivity index (χ2n) is 5.84. The van der Waals surface area contributed by atoms with Gasteiger partial charge in [0.05, 0.1) is 6.10 Å². The van der Waals surface area contributed by atoms with E-state index in [-0.39, 0.29) is 23.5 Å². The number of rotatable bonds is 4. The van der Waals surface area contributed by atoms with Crippen molar-refractivity contribution in [3.05, 3.63) is 22.4 Å². The first-order valence-electron chi connectivity index (χ1n) is 6.70. The highest BCUT2D eigenvalue weighted by atomic mass is 79.9. The number of aromatic nitrogens is 1. The minimum Gasteiger partial charge on any atom is -0.392 e. The first-order chi connectivity index (χ1) is 8.86. The highest BCUT2D eigenvalue weighted by Gasteiger charge is 2.48. The minimum absolute atomic E-state index is 0.0405. The molecular formula is C14H21BrN2O2. The van der Waals surface area contributed by atoms with E-state index in [1.165, 1.54) is 0 Å². The zero-order valence-electron chi connectivity index (χ0n) is 11.6. The summed E-state index contributed by atoms with van der Waals surface area (Å²) in [7, 11) is 0. The van der Waals surface area contributed by atoms with Gasteiger partial charge in [-0.3, -0.25) is 4.79 Å². The maximum Gasteiger partial charge on any atom is 0.268 e. The van der Waals surface area contributed by atoms with Crippen molar-refractivity contribution in [3.8, 4) is 0 Å². The Morgan fingerprint density at radius 3 is 2.84 bits per heavy atom. The van der Waals surface area contributed by atoms with Gasteiger partial charge in [-0.1, -0.05) is 20.8 Å². The SMILES string of the molecule is CCCn1cc(Br)cc1C(=O)NC1CC(O)C1(C)C. The van der Waals surface area contributed by atoms with E-state index < -0.39 is 0 Å². The predicted octanol–water partition coefficient (Wildman–Crippen LogP) is 2.55. The van der Waals surface area contributed by atoms with E-state index in [0.717, 1.165) is 17.4 Å². The molecule has 2 atom stereocenters. The number of carbonyl (C=O) groups excluding carboxylic acids is 1. The van der Waals surface area contributed by atoms with Crippen LogP contribution >= 0.6 is 15.9 Å². The van der Waals surface area contributed by atoms with Crippen molar-refractivity contribution in [2.45, 2.75) is 52.3 Å². The summed E-state index contributed by atoms with van der Waals surface area (Å²) >= 11 is 3.41. The van der Waals surface area contributed by atoms with E-state index in [4.69, 9.17) is 0 Å². The van der Waals surface area contributed by atoms with Gasteiger partial charge < -0.3 is 15.0 Å². The van der Waals surface area contributed by atoms with Crippen molar-refractivity contribution >= 4 is 21.8 Å². The number of nitrogens with zero attached hydrogens (tertiary/aromatic N) is 1. The molecular weight excluding hydrogens is 308 g/mol. The van der Waals surface area contributed by atoms with Crippen LogP contribution in [-0.2, 0) is 6.54 Å². The van der Waals surface area contributed by atoms with Crippen molar-refractivity contribution in [2.24, 2.45) is 5.41 Å². The summed E-state index contributed by atoms with van der Waals surface area (Å²) in [6.45, 7) is 6.87. The van der Waals surface area contributed by atoms with Crippen molar-refractivity contribution in [1.82, 2.24) is 9.88 Å². The van der Waals surface area contributed by atoms with Crippen LogP contribution in [0.1, 0.15) is 44.1 Å². The lowest BCUT2D eigenvalue weighted by Gasteiger charge is -2.49. The molecule has 1 aromatic heterocycles. The topological polar surface area (TPSA) is 54.3 Å². The Kier molecular flexibility index (Phi) is 4.06. The molecule has 0 aliphatic heterocycles. The number of nitrogens with one attached hydrogen (secondary N) is 1. The highest BCUT2D eigenvalue weighted by Crippen LogP contribution is 2.40. The van der Waals surface area contributed by atoms with Crippen LogP contribution in [0.2, 0.25) is 0 Å². The Morgan fingerprint density at radius 1 is 1.63 bits per heavy atom. The first kappa shape index (κ1) is 14.6. The van der Waals surface area contributed by atoms with Gasteiger partial charge in [0, 0.05) is 28.7 Å². The van der Waals surface area contributed by atoms with Crippen LogP contribution < -0.4 is 5.32 Å². The minimum atomic E-state index is -0.327. The fraction of sp³-hybridized carbons (Fsp3) is 0.643. The van der Waals surface area contributed by atoms with Crippen LogP contribution in [0.4, 0.5) is 0 Å². The molecule has 1 saturated carbocycles. The van der Waals surface area contributed by atoms with Gasteiger partial charge in [0.25, 0.3) is 5.91 Å². The van der Waals surface area contributed by atoms with E-state index in [9.17, 15) is 9.90 Å². The van der Waals surface area contributed by atoms with E-state index in [0.29, 0.717) is 12.1 Å². The lowest BCUT2D eigenvalue weighted by molar-refractivity contribution is -0.0690. The fourth-order valence-corrected chi connectivity index (χ4v) is 2.93. The van der Waals surface area contributed by atoms with Gasteiger partial charge in [-0.2, -0.15) is 0 Å². The van der Waals surface area contributed by atoms with Gasteiger partial charge in [-0.15, -0.1) is 0 Å². The predicted molar refractivity (Wildman–Crippen MR) is 78.1 cm³/mol. The third kappa shape index (κ3) is 2.72. The van der Waals surface area contributed by atoms with Gasteiger partial charge in [0.1, 0.15) is 5.69 Å². The first-order valence-corrected chi connectivity index (χ1v) is 7.50. The molecule has 0 radical (unpaired) electrons. The molecule has 1 aromatic rings. The van der Waals surface area contributed by atoms with Crippen LogP contribution in [0.3, 0.4) is 0 Å². The normalized spacial score (nSPS) is 24.9. The number of halogens is 1. The summed E-state index contributed by atoms with van der Waals surface area (Å²) in [5, 5.41) is 12.7. The van der Waals surface area contributed by atoms with Crippen LogP contribution in [-0.4, -0.2) is 27.7 Å². The summed E-state index contributed by atoms with van der Waals surface area (Å²) in [6.07, 6.45) is 3.22. The second-order valence-corrected chi connectivity index (χ2v) is 6.75. The Bertz CT molecular complexity index is 482. The molecule has 106 valence electrons. The summed E-state index contributed by atoms with van der Waals surface area (Å²) < 4.78 is 2.88. The van der Waals surface area contributed by atoms with Gasteiger partial charge in [0.2, 0.25) is 0 Å². The number of aryl methyl sites for hydroxylation is 1. The van der Waals surface area contributed by atoms with Crippen molar-refractivity contribution < 1.29 is 9.90 Å². The zero-order chi connectivity index (χ0) is 14.2. The number of hydrogen-bond donors (Lipinski definition) is 2. The van der Waals surface area contributed by atoms with Gasteiger partial charge in [-0.25, -0.2) is 0 Å². The molecule has 1 amide bonds. The quantitative estimate of drug-likeness (QED) is 0.892. The Morgan fingerprint density at radius 2 is 2.32 bits per heavy atom. The van der Waals surface area contributed by atoms with E-state index in [1.807, 2.05) is 30.7 Å². The largest absolute Gasteiger partial charge is 0.392 e. The lowest BCUT2D eigenvalue weighted by Crippen LogP contribution is -2.61. The standard InChI is InChI=1S/C14H21BrN2O2/c1-4-5-17-8-9(15)6-10(17)13(19)16-11-7-12(18)14(11,2)3/h6,8,11-12,18H,4-5,7H2,1-3H3,(H,16,19). The summed E-state index contributed by atoms with van der Waals surface area (Å²) in [4.78, 5) is 12.3. The number of aliphatic hydroxyl groups is 1. The molecule has 4 nitrogen and oxygen atoms in total. The van der Waals surface area contributed by atoms with Crippen molar-refractivity contribution in [2.75, 3.05) is 0 Å². The number of hydrogen-bond acceptors (Lipinski definition) is 2. The van der Waals surface area contributed by atoms with Crippen molar-refractivity contribution in [3.63, 3.8) is 0 Å². The summed E-state index contributed by atoms with van der Waals surface area (Å²) in [5.74, 6) is -0.0656. The average molecular weight is 329 g/mol.